The minimum absolute atomic E-state index is 0.0189. The van der Waals surface area contributed by atoms with Crippen LogP contribution in [-0.4, -0.2) is 55.6 Å². The number of ether oxygens (including phenoxy) is 1. The lowest BCUT2D eigenvalue weighted by Crippen LogP contribution is -2.40. The van der Waals surface area contributed by atoms with Crippen LogP contribution in [0.2, 0.25) is 0 Å². The molecule has 3 aromatic rings. The molecule has 0 amide bonds. The van der Waals surface area contributed by atoms with Crippen molar-refractivity contribution < 1.29 is 17.9 Å². The summed E-state index contributed by atoms with van der Waals surface area (Å²) in [7, 11) is 1.85. The largest absolute Gasteiger partial charge is 0.391 e. The Kier molecular flexibility index (Phi) is 5.03. The van der Waals surface area contributed by atoms with Crippen molar-refractivity contribution in [2.24, 2.45) is 13.0 Å². The molecule has 32 heavy (non-hydrogen) atoms. The van der Waals surface area contributed by atoms with E-state index in [1.165, 1.54) is 0 Å². The summed E-state index contributed by atoms with van der Waals surface area (Å²) in [6.45, 7) is 5.26. The van der Waals surface area contributed by atoms with Crippen molar-refractivity contribution in [1.82, 2.24) is 29.7 Å². The van der Waals surface area contributed by atoms with Crippen molar-refractivity contribution in [3.63, 3.8) is 0 Å². The predicted octanol–water partition coefficient (Wildman–Crippen LogP) is 3.40. The van der Waals surface area contributed by atoms with Gasteiger partial charge in [0.25, 0.3) is 0 Å². The van der Waals surface area contributed by atoms with E-state index >= 15 is 0 Å². The molecule has 1 atom stereocenters. The van der Waals surface area contributed by atoms with Gasteiger partial charge in [-0.25, -0.2) is 15.0 Å². The second-order valence-corrected chi connectivity index (χ2v) is 8.64. The SMILES string of the molecule is Cc1nc2nc(N3CCO[C@@H](c4cnn(C)c4)C3)nc(C3CC(C(F)(F)F)C3)c2nc1C. The highest BCUT2D eigenvalue weighted by Crippen LogP contribution is 2.50. The van der Waals surface area contributed by atoms with Crippen molar-refractivity contribution in [2.75, 3.05) is 24.6 Å². The molecular weight excluding hydrogens is 423 g/mol. The highest BCUT2D eigenvalue weighted by molar-refractivity contribution is 5.75. The first kappa shape index (κ1) is 21.0. The summed E-state index contributed by atoms with van der Waals surface area (Å²) in [5, 5.41) is 4.21. The normalized spacial score (nSPS) is 24.1. The van der Waals surface area contributed by atoms with Crippen LogP contribution in [0.1, 0.15) is 47.5 Å². The molecule has 4 heterocycles. The highest BCUT2D eigenvalue weighted by atomic mass is 19.4. The van der Waals surface area contributed by atoms with Gasteiger partial charge in [0, 0.05) is 31.3 Å². The molecule has 1 saturated carbocycles. The van der Waals surface area contributed by atoms with E-state index < -0.39 is 12.1 Å². The third kappa shape index (κ3) is 3.78. The Bertz CT molecular complexity index is 1160. The molecule has 0 aromatic carbocycles. The van der Waals surface area contributed by atoms with E-state index in [-0.39, 0.29) is 24.9 Å². The van der Waals surface area contributed by atoms with Crippen molar-refractivity contribution in [2.45, 2.75) is 44.9 Å². The molecule has 0 spiro atoms. The third-order valence-corrected chi connectivity index (χ3v) is 6.39. The zero-order valence-electron chi connectivity index (χ0n) is 18.1. The Morgan fingerprint density at radius 2 is 1.81 bits per heavy atom. The number of aromatic nitrogens is 6. The van der Waals surface area contributed by atoms with Crippen molar-refractivity contribution in [1.29, 1.82) is 0 Å². The van der Waals surface area contributed by atoms with Crippen LogP contribution in [0.15, 0.2) is 12.4 Å². The molecule has 5 rings (SSSR count). The van der Waals surface area contributed by atoms with E-state index in [0.29, 0.717) is 42.5 Å². The van der Waals surface area contributed by atoms with Crippen LogP contribution < -0.4 is 4.90 Å². The molecule has 0 N–H and O–H groups in total. The first-order chi connectivity index (χ1) is 15.2. The van der Waals surface area contributed by atoms with Gasteiger partial charge in [-0.15, -0.1) is 0 Å². The summed E-state index contributed by atoms with van der Waals surface area (Å²) in [5.74, 6) is -1.14. The maximum absolute atomic E-state index is 13.1. The quantitative estimate of drug-likeness (QED) is 0.609. The second kappa shape index (κ2) is 7.65. The minimum atomic E-state index is -4.18. The first-order valence-electron chi connectivity index (χ1n) is 10.6. The van der Waals surface area contributed by atoms with Gasteiger partial charge >= 0.3 is 6.18 Å². The Morgan fingerprint density at radius 3 is 2.50 bits per heavy atom. The Labute approximate surface area is 182 Å². The van der Waals surface area contributed by atoms with Crippen molar-refractivity contribution in [3.05, 3.63) is 35.0 Å². The number of morpholine rings is 1. The Morgan fingerprint density at radius 1 is 1.06 bits per heavy atom. The number of fused-ring (bicyclic) bond motifs is 1. The molecule has 3 aromatic heterocycles. The summed E-state index contributed by atoms with van der Waals surface area (Å²) in [4.78, 5) is 20.5. The molecule has 170 valence electrons. The number of halogens is 3. The van der Waals surface area contributed by atoms with Gasteiger partial charge in [0.1, 0.15) is 11.6 Å². The van der Waals surface area contributed by atoms with Gasteiger partial charge in [0.15, 0.2) is 5.65 Å². The second-order valence-electron chi connectivity index (χ2n) is 8.64. The number of rotatable bonds is 3. The lowest BCUT2D eigenvalue weighted by Gasteiger charge is -2.37. The summed E-state index contributed by atoms with van der Waals surface area (Å²) < 4.78 is 46.9. The highest BCUT2D eigenvalue weighted by Gasteiger charge is 2.49. The van der Waals surface area contributed by atoms with Crippen LogP contribution in [-0.2, 0) is 11.8 Å². The number of alkyl halides is 3. The Hall–Kier alpha value is -2.82. The van der Waals surface area contributed by atoms with Crippen molar-refractivity contribution >= 4 is 17.1 Å². The molecule has 0 radical (unpaired) electrons. The van der Waals surface area contributed by atoms with E-state index in [2.05, 4.69) is 20.1 Å². The summed E-state index contributed by atoms with van der Waals surface area (Å²) in [6.07, 6.45) is -0.657. The molecule has 8 nitrogen and oxygen atoms in total. The maximum atomic E-state index is 13.1. The molecule has 1 saturated heterocycles. The molecule has 2 aliphatic rings. The Balaban J connectivity index is 1.50. The van der Waals surface area contributed by atoms with E-state index in [1.807, 2.05) is 32.0 Å². The van der Waals surface area contributed by atoms with Gasteiger partial charge in [0.2, 0.25) is 5.95 Å². The summed E-state index contributed by atoms with van der Waals surface area (Å²) >= 11 is 0. The van der Waals surface area contributed by atoms with E-state index in [4.69, 9.17) is 9.72 Å². The third-order valence-electron chi connectivity index (χ3n) is 6.39. The zero-order valence-corrected chi connectivity index (χ0v) is 18.1. The van der Waals surface area contributed by atoms with E-state index in [9.17, 15) is 13.2 Å². The van der Waals surface area contributed by atoms with Gasteiger partial charge in [-0.1, -0.05) is 0 Å². The average molecular weight is 447 g/mol. The van der Waals surface area contributed by atoms with E-state index in [0.717, 1.165) is 17.0 Å². The monoisotopic (exact) mass is 447 g/mol. The van der Waals surface area contributed by atoms with Gasteiger partial charge < -0.3 is 9.64 Å². The number of hydrogen-bond acceptors (Lipinski definition) is 7. The zero-order chi connectivity index (χ0) is 22.6. The van der Waals surface area contributed by atoms with Crippen LogP contribution >= 0.6 is 0 Å². The average Bonchev–Trinajstić information content (AvgIpc) is 3.13. The number of anilines is 1. The van der Waals surface area contributed by atoms with Gasteiger partial charge in [-0.3, -0.25) is 4.68 Å². The summed E-state index contributed by atoms with van der Waals surface area (Å²) in [6, 6.07) is 0. The number of hydrogen-bond donors (Lipinski definition) is 0. The fourth-order valence-electron chi connectivity index (χ4n) is 4.29. The van der Waals surface area contributed by atoms with Crippen LogP contribution in [0.25, 0.3) is 11.2 Å². The lowest BCUT2D eigenvalue weighted by molar-refractivity contribution is -0.197. The predicted molar refractivity (Wildman–Crippen MR) is 110 cm³/mol. The number of nitrogens with zero attached hydrogens (tertiary/aromatic N) is 7. The molecule has 0 bridgehead atoms. The first-order valence-corrected chi connectivity index (χ1v) is 10.6. The van der Waals surface area contributed by atoms with Crippen LogP contribution in [0.4, 0.5) is 19.1 Å². The molecular formula is C21H24F3N7O. The van der Waals surface area contributed by atoms with Crippen LogP contribution in [0.3, 0.4) is 0 Å². The molecule has 1 aliphatic carbocycles. The fraction of sp³-hybridized carbons (Fsp3) is 0.571. The van der Waals surface area contributed by atoms with Crippen molar-refractivity contribution in [3.8, 4) is 0 Å². The molecule has 2 fully saturated rings. The van der Waals surface area contributed by atoms with Gasteiger partial charge in [-0.2, -0.15) is 23.3 Å². The standard InChI is InChI=1S/C21H24F3N7O/c1-11-12(2)27-19-18(26-11)17(13-6-15(7-13)21(22,23)24)28-20(29-19)31-4-5-32-16(10-31)14-8-25-30(3)9-14/h8-9,13,15-16H,4-7,10H2,1-3H3/t13?,15?,16-/m1/s1. The number of aryl methyl sites for hydroxylation is 3. The van der Waals surface area contributed by atoms with E-state index in [1.54, 1.807) is 10.9 Å². The fourth-order valence-corrected chi connectivity index (χ4v) is 4.29. The smallest absolute Gasteiger partial charge is 0.370 e. The maximum Gasteiger partial charge on any atom is 0.391 e. The molecule has 1 aliphatic heterocycles. The van der Waals surface area contributed by atoms with Gasteiger partial charge in [-0.05, 0) is 26.7 Å². The molecule has 0 unspecified atom stereocenters. The summed E-state index contributed by atoms with van der Waals surface area (Å²) in [5.41, 5.74) is 3.91. The molecule has 11 heteroatoms. The van der Waals surface area contributed by atoms with Gasteiger partial charge in [0.05, 0.1) is 42.3 Å². The lowest BCUT2D eigenvalue weighted by atomic mass is 9.72. The van der Waals surface area contributed by atoms with Crippen LogP contribution in [0, 0.1) is 19.8 Å². The van der Waals surface area contributed by atoms with Crippen LogP contribution in [0.5, 0.6) is 0 Å². The minimum Gasteiger partial charge on any atom is -0.370 e. The topological polar surface area (TPSA) is 81.9 Å².